The van der Waals surface area contributed by atoms with Gasteiger partial charge in [-0.05, 0) is 44.4 Å². The molecule has 1 N–H and O–H groups in total. The maximum atomic E-state index is 12.7. The number of likely N-dealkylation sites (tertiary alicyclic amines) is 1. The summed E-state index contributed by atoms with van der Waals surface area (Å²) in [5, 5.41) is 3.58. The Balaban J connectivity index is 1.74. The van der Waals surface area contributed by atoms with Crippen LogP contribution >= 0.6 is 0 Å². The van der Waals surface area contributed by atoms with Crippen LogP contribution < -0.4 is 10.1 Å². The Morgan fingerprint density at radius 2 is 2.04 bits per heavy atom. The second-order valence-corrected chi connectivity index (χ2v) is 6.53. The summed E-state index contributed by atoms with van der Waals surface area (Å²) >= 11 is 0. The van der Waals surface area contributed by atoms with Crippen LogP contribution in [0, 0.1) is 0 Å². The summed E-state index contributed by atoms with van der Waals surface area (Å²) < 4.78 is 5.35. The monoisotopic (exact) mass is 316 g/mol. The highest BCUT2D eigenvalue weighted by Gasteiger charge is 2.31. The Morgan fingerprint density at radius 1 is 1.26 bits per heavy atom. The van der Waals surface area contributed by atoms with Crippen molar-refractivity contribution in [3.63, 3.8) is 0 Å². The molecular weight excluding hydrogens is 292 g/mol. The van der Waals surface area contributed by atoms with E-state index in [2.05, 4.69) is 5.32 Å². The lowest BCUT2D eigenvalue weighted by atomic mass is 10.0. The number of Topliss-reactive ketones (excluding diaryl/α,β-unsaturated/α-hetero) is 1. The number of carbonyl (C=O) groups excluding carboxylic acids is 2. The molecule has 2 aliphatic heterocycles. The number of carbonyl (C=O) groups is 2. The highest BCUT2D eigenvalue weighted by molar-refractivity contribution is 5.94. The first-order valence-corrected chi connectivity index (χ1v) is 8.28. The van der Waals surface area contributed by atoms with Gasteiger partial charge in [0.05, 0.1) is 13.5 Å². The number of hydrogen-bond donors (Lipinski definition) is 1. The van der Waals surface area contributed by atoms with Crippen molar-refractivity contribution in [2.24, 2.45) is 0 Å². The van der Waals surface area contributed by atoms with Gasteiger partial charge in [0.25, 0.3) is 0 Å². The third-order valence-electron chi connectivity index (χ3n) is 4.90. The normalized spacial score (nSPS) is 23.5. The van der Waals surface area contributed by atoms with E-state index in [4.69, 9.17) is 4.74 Å². The van der Waals surface area contributed by atoms with Crippen molar-refractivity contribution in [1.29, 1.82) is 0 Å². The summed E-state index contributed by atoms with van der Waals surface area (Å²) in [5.74, 6) is 0.772. The van der Waals surface area contributed by atoms with Gasteiger partial charge in [0.15, 0.2) is 5.78 Å². The van der Waals surface area contributed by atoms with Gasteiger partial charge in [-0.15, -0.1) is 0 Å². The first-order valence-electron chi connectivity index (χ1n) is 8.28. The average molecular weight is 316 g/mol. The highest BCUT2D eigenvalue weighted by Crippen LogP contribution is 2.24. The van der Waals surface area contributed by atoms with Gasteiger partial charge in [-0.25, -0.2) is 0 Å². The number of ether oxygens (including phenoxy) is 1. The third kappa shape index (κ3) is 3.55. The van der Waals surface area contributed by atoms with Gasteiger partial charge in [0, 0.05) is 36.3 Å². The van der Waals surface area contributed by atoms with Gasteiger partial charge in [0.2, 0.25) is 5.91 Å². The number of fused-ring (bicyclic) bond motifs is 2. The lowest BCUT2D eigenvalue weighted by Gasteiger charge is -2.24. The molecule has 0 aromatic heterocycles. The molecule has 3 rings (SSSR count). The van der Waals surface area contributed by atoms with E-state index in [0.717, 1.165) is 31.5 Å². The zero-order valence-corrected chi connectivity index (χ0v) is 13.8. The van der Waals surface area contributed by atoms with Gasteiger partial charge in [-0.2, -0.15) is 0 Å². The third-order valence-corrected chi connectivity index (χ3v) is 4.90. The summed E-state index contributed by atoms with van der Waals surface area (Å²) in [7, 11) is 1.59. The molecule has 0 saturated carbocycles. The van der Waals surface area contributed by atoms with Crippen LogP contribution in [0.15, 0.2) is 18.2 Å². The van der Waals surface area contributed by atoms with E-state index < -0.39 is 0 Å². The van der Waals surface area contributed by atoms with Crippen molar-refractivity contribution >= 4 is 11.7 Å². The van der Waals surface area contributed by atoms with Gasteiger partial charge in [0.1, 0.15) is 5.75 Å². The summed E-state index contributed by atoms with van der Waals surface area (Å²) in [4.78, 5) is 26.2. The predicted molar refractivity (Wildman–Crippen MR) is 87.8 cm³/mol. The van der Waals surface area contributed by atoms with Crippen LogP contribution in [-0.2, 0) is 11.2 Å². The van der Waals surface area contributed by atoms with Crippen LogP contribution in [0.4, 0.5) is 0 Å². The Hall–Kier alpha value is -1.88. The van der Waals surface area contributed by atoms with Crippen LogP contribution in [0.2, 0.25) is 0 Å². The maximum absolute atomic E-state index is 12.7. The predicted octanol–water partition coefficient (Wildman–Crippen LogP) is 1.79. The summed E-state index contributed by atoms with van der Waals surface area (Å²) in [5.41, 5.74) is 1.40. The van der Waals surface area contributed by atoms with E-state index >= 15 is 0 Å². The molecule has 2 bridgehead atoms. The smallest absolute Gasteiger partial charge is 0.227 e. The molecule has 2 atom stereocenters. The fourth-order valence-corrected chi connectivity index (χ4v) is 3.58. The zero-order chi connectivity index (χ0) is 16.4. The molecule has 2 saturated heterocycles. The zero-order valence-electron chi connectivity index (χ0n) is 13.8. The molecule has 0 aliphatic carbocycles. The largest absolute Gasteiger partial charge is 0.496 e. The van der Waals surface area contributed by atoms with Crippen molar-refractivity contribution in [3.8, 4) is 5.75 Å². The first-order chi connectivity index (χ1) is 11.1. The minimum atomic E-state index is -0.00219. The minimum absolute atomic E-state index is 0.00219. The fraction of sp³-hybridized carbons (Fsp3) is 0.556. The molecule has 5 nitrogen and oxygen atoms in total. The highest BCUT2D eigenvalue weighted by atomic mass is 16.5. The number of methoxy groups -OCH3 is 1. The van der Waals surface area contributed by atoms with Crippen molar-refractivity contribution in [2.45, 2.75) is 44.7 Å². The Kier molecular flexibility index (Phi) is 4.66. The second kappa shape index (κ2) is 6.71. The van der Waals surface area contributed by atoms with E-state index in [1.165, 1.54) is 13.3 Å². The Labute approximate surface area is 137 Å². The maximum Gasteiger partial charge on any atom is 0.227 e. The molecule has 1 aromatic carbocycles. The lowest BCUT2D eigenvalue weighted by molar-refractivity contribution is -0.130. The second-order valence-electron chi connectivity index (χ2n) is 6.53. The van der Waals surface area contributed by atoms with E-state index in [1.54, 1.807) is 25.3 Å². The van der Waals surface area contributed by atoms with Crippen molar-refractivity contribution in [3.05, 3.63) is 29.3 Å². The molecule has 23 heavy (non-hydrogen) atoms. The number of ketones is 1. The van der Waals surface area contributed by atoms with E-state index in [1.807, 2.05) is 4.90 Å². The molecule has 2 fully saturated rings. The Bertz CT molecular complexity index is 614. The van der Waals surface area contributed by atoms with E-state index in [9.17, 15) is 9.59 Å². The van der Waals surface area contributed by atoms with Crippen LogP contribution in [0.5, 0.6) is 5.75 Å². The van der Waals surface area contributed by atoms with Crippen molar-refractivity contribution < 1.29 is 14.3 Å². The number of nitrogens with zero attached hydrogens (tertiary/aromatic N) is 1. The average Bonchev–Trinajstić information content (AvgIpc) is 2.86. The van der Waals surface area contributed by atoms with Crippen LogP contribution in [0.25, 0.3) is 0 Å². The minimum Gasteiger partial charge on any atom is -0.496 e. The summed E-state index contributed by atoms with van der Waals surface area (Å²) in [6.45, 7) is 3.12. The lowest BCUT2D eigenvalue weighted by Crippen LogP contribution is -2.39. The molecule has 2 unspecified atom stereocenters. The van der Waals surface area contributed by atoms with Crippen LogP contribution in [-0.4, -0.2) is 48.9 Å². The molecule has 5 heteroatoms. The van der Waals surface area contributed by atoms with Crippen molar-refractivity contribution in [2.75, 3.05) is 20.2 Å². The van der Waals surface area contributed by atoms with Crippen LogP contribution in [0.3, 0.4) is 0 Å². The Morgan fingerprint density at radius 3 is 2.78 bits per heavy atom. The molecule has 1 aromatic rings. The fourth-order valence-electron chi connectivity index (χ4n) is 3.58. The number of hydrogen-bond acceptors (Lipinski definition) is 4. The number of benzene rings is 1. The topological polar surface area (TPSA) is 58.6 Å². The molecular formula is C18H24N2O3. The van der Waals surface area contributed by atoms with Gasteiger partial charge >= 0.3 is 0 Å². The summed E-state index contributed by atoms with van der Waals surface area (Å²) in [6.07, 6.45) is 3.67. The van der Waals surface area contributed by atoms with Gasteiger partial charge < -0.3 is 15.0 Å². The van der Waals surface area contributed by atoms with E-state index in [-0.39, 0.29) is 18.1 Å². The number of amides is 1. The van der Waals surface area contributed by atoms with Crippen LogP contribution in [0.1, 0.15) is 42.1 Å². The molecule has 1 amide bonds. The molecule has 0 spiro atoms. The quantitative estimate of drug-likeness (QED) is 0.861. The molecule has 2 aliphatic rings. The molecule has 124 valence electrons. The number of rotatable bonds is 4. The SMILES string of the molecule is COc1ccc(C(C)=O)cc1CC(=O)N1CCC2CCC(C1)N2. The first kappa shape index (κ1) is 16.0. The van der Waals surface area contributed by atoms with Crippen molar-refractivity contribution in [1.82, 2.24) is 10.2 Å². The van der Waals surface area contributed by atoms with Gasteiger partial charge in [-0.1, -0.05) is 0 Å². The molecule has 2 heterocycles. The number of nitrogens with one attached hydrogen (secondary N) is 1. The summed E-state index contributed by atoms with van der Waals surface area (Å²) in [6, 6.07) is 6.28. The molecule has 0 radical (unpaired) electrons. The standard InChI is InChI=1S/C18H24N2O3/c1-12(21)13-3-6-17(23-2)14(9-13)10-18(22)20-8-7-15-4-5-16(11-20)19-15/h3,6,9,15-16,19H,4-5,7-8,10-11H2,1-2H3. The van der Waals surface area contributed by atoms with Gasteiger partial charge in [-0.3, -0.25) is 9.59 Å². The van der Waals surface area contributed by atoms with E-state index in [0.29, 0.717) is 23.4 Å².